The van der Waals surface area contributed by atoms with Gasteiger partial charge >= 0.3 is 0 Å². The van der Waals surface area contributed by atoms with Crippen molar-refractivity contribution < 1.29 is 23.9 Å². The highest BCUT2D eigenvalue weighted by molar-refractivity contribution is 6.32. The Balaban J connectivity index is 1.49. The number of amides is 1. The molecule has 0 radical (unpaired) electrons. The molecule has 1 saturated carbocycles. The zero-order valence-electron chi connectivity index (χ0n) is 20.2. The molecule has 0 aromatic heterocycles. The van der Waals surface area contributed by atoms with Crippen LogP contribution in [0.5, 0.6) is 11.5 Å². The highest BCUT2D eigenvalue weighted by Gasteiger charge is 2.48. The number of piperidine rings is 1. The first-order chi connectivity index (χ1) is 16.8. The summed E-state index contributed by atoms with van der Waals surface area (Å²) in [7, 11) is 3.07. The van der Waals surface area contributed by atoms with Crippen LogP contribution in [0.3, 0.4) is 0 Å². The lowest BCUT2D eigenvalue weighted by Gasteiger charge is -2.44. The van der Waals surface area contributed by atoms with Crippen LogP contribution in [-0.4, -0.2) is 49.7 Å². The lowest BCUT2D eigenvalue weighted by atomic mass is 9.63. The standard InChI is InChI=1S/C28H28ClNO5/c1-4-5-18-14-21(29)25(24(15-18)35-3)26-22(31)16-28(17-23(26)32)10-12-30(13-11-28)27(33)19-6-8-20(34-2)9-7-19/h6-9,14-15,26H,10-13,16-17H2,1-3H3. The second-order valence-corrected chi connectivity index (χ2v) is 9.60. The number of ether oxygens (including phenoxy) is 2. The Hall–Kier alpha value is -3.30. The molecule has 0 bridgehead atoms. The number of hydrogen-bond donors (Lipinski definition) is 0. The maximum absolute atomic E-state index is 13.4. The van der Waals surface area contributed by atoms with Crippen molar-refractivity contribution in [2.45, 2.75) is 38.5 Å². The van der Waals surface area contributed by atoms with E-state index in [-0.39, 0.29) is 30.3 Å². The molecule has 0 unspecified atom stereocenters. The number of methoxy groups -OCH3 is 2. The molecule has 182 valence electrons. The Kier molecular flexibility index (Phi) is 7.18. The Morgan fingerprint density at radius 3 is 2.20 bits per heavy atom. The SMILES string of the molecule is CC#Cc1cc(Cl)c(C2C(=O)CC3(CCN(C(=O)c4ccc(OC)cc4)CC3)CC2=O)c(OC)c1. The van der Waals surface area contributed by atoms with Crippen molar-refractivity contribution in [1.29, 1.82) is 0 Å². The van der Waals surface area contributed by atoms with Crippen LogP contribution in [0.25, 0.3) is 0 Å². The number of ketones is 2. The molecule has 1 aliphatic carbocycles. The van der Waals surface area contributed by atoms with Crippen LogP contribution < -0.4 is 9.47 Å². The van der Waals surface area contributed by atoms with Gasteiger partial charge in [-0.3, -0.25) is 14.4 Å². The highest BCUT2D eigenvalue weighted by atomic mass is 35.5. The van der Waals surface area contributed by atoms with Crippen LogP contribution in [0, 0.1) is 17.3 Å². The van der Waals surface area contributed by atoms with Gasteiger partial charge in [0.15, 0.2) is 0 Å². The summed E-state index contributed by atoms with van der Waals surface area (Å²) >= 11 is 6.52. The fourth-order valence-electron chi connectivity index (χ4n) is 5.22. The summed E-state index contributed by atoms with van der Waals surface area (Å²) in [4.78, 5) is 41.4. The molecule has 2 aromatic rings. The van der Waals surface area contributed by atoms with E-state index in [2.05, 4.69) is 11.8 Å². The maximum atomic E-state index is 13.4. The van der Waals surface area contributed by atoms with E-state index in [0.717, 1.165) is 0 Å². The molecule has 0 N–H and O–H groups in total. The molecule has 0 atom stereocenters. The van der Waals surface area contributed by atoms with Crippen molar-refractivity contribution in [3.63, 3.8) is 0 Å². The second-order valence-electron chi connectivity index (χ2n) is 9.19. The second kappa shape index (κ2) is 10.1. The van der Waals surface area contributed by atoms with Crippen LogP contribution in [0.2, 0.25) is 5.02 Å². The molecule has 1 amide bonds. The van der Waals surface area contributed by atoms with Crippen molar-refractivity contribution in [1.82, 2.24) is 4.90 Å². The number of likely N-dealkylation sites (tertiary alicyclic amines) is 1. The largest absolute Gasteiger partial charge is 0.497 e. The predicted molar refractivity (Wildman–Crippen MR) is 133 cm³/mol. The molecule has 1 saturated heterocycles. The maximum Gasteiger partial charge on any atom is 0.253 e. The monoisotopic (exact) mass is 493 g/mol. The zero-order chi connectivity index (χ0) is 25.2. The molecule has 7 heteroatoms. The van der Waals surface area contributed by atoms with E-state index >= 15 is 0 Å². The van der Waals surface area contributed by atoms with E-state index < -0.39 is 11.3 Å². The number of halogens is 1. The summed E-state index contributed by atoms with van der Waals surface area (Å²) in [6.45, 7) is 2.73. The summed E-state index contributed by atoms with van der Waals surface area (Å²) in [5, 5.41) is 0.310. The molecule has 2 fully saturated rings. The quantitative estimate of drug-likeness (QED) is 0.457. The first kappa shape index (κ1) is 24.8. The third kappa shape index (κ3) is 4.92. The van der Waals surface area contributed by atoms with Crippen molar-refractivity contribution in [3.05, 3.63) is 58.1 Å². The summed E-state index contributed by atoms with van der Waals surface area (Å²) in [5.74, 6) is 5.55. The predicted octanol–water partition coefficient (Wildman–Crippen LogP) is 4.67. The van der Waals surface area contributed by atoms with Crippen LogP contribution in [0.4, 0.5) is 0 Å². The van der Waals surface area contributed by atoms with E-state index in [1.165, 1.54) is 7.11 Å². The van der Waals surface area contributed by atoms with E-state index in [9.17, 15) is 14.4 Å². The summed E-state index contributed by atoms with van der Waals surface area (Å²) in [6, 6.07) is 10.4. The number of carbonyl (C=O) groups is 3. The molecule has 6 nitrogen and oxygen atoms in total. The number of nitrogens with zero attached hydrogens (tertiary/aromatic N) is 1. The van der Waals surface area contributed by atoms with Gasteiger partial charge in [-0.2, -0.15) is 0 Å². The Morgan fingerprint density at radius 2 is 1.66 bits per heavy atom. The fourth-order valence-corrected chi connectivity index (χ4v) is 5.54. The smallest absolute Gasteiger partial charge is 0.253 e. The average Bonchev–Trinajstić information content (AvgIpc) is 2.85. The van der Waals surface area contributed by atoms with Gasteiger partial charge in [0.05, 0.1) is 14.2 Å². The van der Waals surface area contributed by atoms with Gasteiger partial charge < -0.3 is 14.4 Å². The topological polar surface area (TPSA) is 72.9 Å². The van der Waals surface area contributed by atoms with Crippen molar-refractivity contribution in [2.75, 3.05) is 27.3 Å². The van der Waals surface area contributed by atoms with E-state index in [1.807, 2.05) is 0 Å². The molecule has 35 heavy (non-hydrogen) atoms. The summed E-state index contributed by atoms with van der Waals surface area (Å²) in [6.07, 6.45) is 1.78. The first-order valence-electron chi connectivity index (χ1n) is 11.6. The third-order valence-electron chi connectivity index (χ3n) is 7.06. The van der Waals surface area contributed by atoms with Gasteiger partial charge in [0.2, 0.25) is 0 Å². The number of carbonyl (C=O) groups excluding carboxylic acids is 3. The van der Waals surface area contributed by atoms with Crippen molar-refractivity contribution in [2.24, 2.45) is 5.41 Å². The molecule has 4 rings (SSSR count). The van der Waals surface area contributed by atoms with Gasteiger partial charge in [0.25, 0.3) is 5.91 Å². The zero-order valence-corrected chi connectivity index (χ0v) is 20.9. The minimum absolute atomic E-state index is 0.0550. The van der Waals surface area contributed by atoms with Crippen LogP contribution in [0.1, 0.15) is 60.0 Å². The Morgan fingerprint density at radius 1 is 1.03 bits per heavy atom. The number of Topliss-reactive ketones (excluding diaryl/α,β-unsaturated/α-hetero) is 2. The van der Waals surface area contributed by atoms with Crippen LogP contribution in [0.15, 0.2) is 36.4 Å². The lowest BCUT2D eigenvalue weighted by molar-refractivity contribution is -0.138. The molecular weight excluding hydrogens is 466 g/mol. The Bertz CT molecular complexity index is 1200. The minimum atomic E-state index is -0.939. The summed E-state index contributed by atoms with van der Waals surface area (Å²) < 4.78 is 10.6. The van der Waals surface area contributed by atoms with Crippen LogP contribution in [-0.2, 0) is 9.59 Å². The van der Waals surface area contributed by atoms with Gasteiger partial charge in [-0.05, 0) is 61.6 Å². The van der Waals surface area contributed by atoms with E-state index in [0.29, 0.717) is 59.1 Å². The molecule has 2 aliphatic rings. The first-order valence-corrected chi connectivity index (χ1v) is 12.0. The molecular formula is C28H28ClNO5. The number of hydrogen-bond acceptors (Lipinski definition) is 5. The normalized spacial score (nSPS) is 17.7. The van der Waals surface area contributed by atoms with Gasteiger partial charge in [-0.1, -0.05) is 17.5 Å². The Labute approximate surface area is 210 Å². The number of rotatable bonds is 4. The van der Waals surface area contributed by atoms with Gasteiger partial charge in [0.1, 0.15) is 29.0 Å². The average molecular weight is 494 g/mol. The highest BCUT2D eigenvalue weighted by Crippen LogP contribution is 2.48. The molecule has 1 aliphatic heterocycles. The molecule has 1 heterocycles. The third-order valence-corrected chi connectivity index (χ3v) is 7.37. The van der Waals surface area contributed by atoms with E-state index in [4.69, 9.17) is 21.1 Å². The van der Waals surface area contributed by atoms with Crippen molar-refractivity contribution in [3.8, 4) is 23.3 Å². The fraction of sp³-hybridized carbons (Fsp3) is 0.393. The molecule has 2 aromatic carbocycles. The van der Waals surface area contributed by atoms with E-state index in [1.54, 1.807) is 55.3 Å². The number of benzene rings is 2. The summed E-state index contributed by atoms with van der Waals surface area (Å²) in [5.41, 5.74) is 1.26. The van der Waals surface area contributed by atoms with Crippen molar-refractivity contribution >= 4 is 29.1 Å². The lowest BCUT2D eigenvalue weighted by Crippen LogP contribution is -2.48. The van der Waals surface area contributed by atoms with Gasteiger partial charge in [0, 0.05) is 47.6 Å². The molecule has 1 spiro atoms. The van der Waals surface area contributed by atoms with Crippen LogP contribution >= 0.6 is 11.6 Å². The van der Waals surface area contributed by atoms with Gasteiger partial charge in [-0.15, -0.1) is 5.92 Å². The minimum Gasteiger partial charge on any atom is -0.497 e. The van der Waals surface area contributed by atoms with Gasteiger partial charge in [-0.25, -0.2) is 0 Å².